The van der Waals surface area contributed by atoms with Crippen LogP contribution in [0.4, 0.5) is 4.79 Å². The van der Waals surface area contributed by atoms with Crippen LogP contribution in [0.25, 0.3) is 0 Å². The lowest BCUT2D eigenvalue weighted by molar-refractivity contribution is -0.140. The predicted molar refractivity (Wildman–Crippen MR) is 123 cm³/mol. The summed E-state index contributed by atoms with van der Waals surface area (Å²) < 4.78 is 5.40. The maximum absolute atomic E-state index is 13.8. The molecular weight excluding hydrogens is 408 g/mol. The van der Waals surface area contributed by atoms with E-state index in [-0.39, 0.29) is 23.8 Å². The minimum absolute atomic E-state index is 0.0421. The number of hydrogen-bond donors (Lipinski definition) is 2. The van der Waals surface area contributed by atoms with Crippen LogP contribution in [0.2, 0.25) is 0 Å². The molecule has 182 valence electrons. The Hall–Kier alpha value is -1.83. The van der Waals surface area contributed by atoms with Gasteiger partial charge in [-0.15, -0.1) is 0 Å². The van der Waals surface area contributed by atoms with Crippen LogP contribution in [0, 0.1) is 11.8 Å². The van der Waals surface area contributed by atoms with E-state index in [2.05, 4.69) is 17.6 Å². The van der Waals surface area contributed by atoms with Crippen LogP contribution < -0.4 is 10.6 Å². The molecule has 0 spiro atoms. The third-order valence-electron chi connectivity index (χ3n) is 7.35. The number of rotatable bonds is 5. The highest BCUT2D eigenvalue weighted by molar-refractivity contribution is 5.91. The van der Waals surface area contributed by atoms with Crippen molar-refractivity contribution < 1.29 is 19.1 Å². The molecule has 5 unspecified atom stereocenters. The van der Waals surface area contributed by atoms with E-state index in [1.807, 2.05) is 4.90 Å². The molecule has 0 bridgehead atoms. The van der Waals surface area contributed by atoms with Gasteiger partial charge in [0.2, 0.25) is 11.8 Å². The number of likely N-dealkylation sites (tertiary alicyclic amines) is 1. The number of fused-ring (bicyclic) bond motifs is 1. The van der Waals surface area contributed by atoms with Crippen molar-refractivity contribution in [3.8, 4) is 0 Å². The van der Waals surface area contributed by atoms with E-state index in [4.69, 9.17) is 4.74 Å². The zero-order valence-corrected chi connectivity index (χ0v) is 20.6. The lowest BCUT2D eigenvalue weighted by Crippen LogP contribution is -2.58. The van der Waals surface area contributed by atoms with Gasteiger partial charge in [0.25, 0.3) is 0 Å². The van der Waals surface area contributed by atoms with Crippen LogP contribution in [-0.2, 0) is 14.3 Å². The number of nitrogens with zero attached hydrogens (tertiary/aromatic N) is 2. The highest BCUT2D eigenvalue weighted by atomic mass is 16.6. The van der Waals surface area contributed by atoms with Gasteiger partial charge in [-0.25, -0.2) is 4.79 Å². The molecule has 3 aliphatic rings. The van der Waals surface area contributed by atoms with Crippen molar-refractivity contribution in [1.82, 2.24) is 20.4 Å². The molecule has 2 N–H and O–H groups in total. The highest BCUT2D eigenvalue weighted by Gasteiger charge is 2.47. The summed E-state index contributed by atoms with van der Waals surface area (Å²) in [4.78, 5) is 42.7. The van der Waals surface area contributed by atoms with Crippen LogP contribution in [0.5, 0.6) is 0 Å². The van der Waals surface area contributed by atoms with Gasteiger partial charge in [-0.2, -0.15) is 0 Å². The molecule has 0 radical (unpaired) electrons. The minimum atomic E-state index is -0.734. The van der Waals surface area contributed by atoms with Crippen molar-refractivity contribution in [1.29, 1.82) is 0 Å². The molecule has 0 aromatic rings. The van der Waals surface area contributed by atoms with Gasteiger partial charge in [0, 0.05) is 26.2 Å². The van der Waals surface area contributed by atoms with E-state index in [1.54, 1.807) is 34.7 Å². The fourth-order valence-corrected chi connectivity index (χ4v) is 5.43. The molecule has 0 aromatic carbocycles. The van der Waals surface area contributed by atoms with Crippen molar-refractivity contribution >= 4 is 17.9 Å². The molecule has 2 aliphatic heterocycles. The van der Waals surface area contributed by atoms with E-state index >= 15 is 0 Å². The Morgan fingerprint density at radius 1 is 1.12 bits per heavy atom. The number of amides is 3. The van der Waals surface area contributed by atoms with Crippen LogP contribution in [0.15, 0.2) is 0 Å². The van der Waals surface area contributed by atoms with Gasteiger partial charge in [-0.05, 0) is 58.8 Å². The SMILES string of the molecule is CC1CNC2CCN(C(=O)C(NC(=O)C(C)N(C)C(=O)OC(C)(C)C)C3CCCCC3)C12. The number of likely N-dealkylation sites (N-methyl/N-ethyl adjacent to an activating group) is 1. The highest BCUT2D eigenvalue weighted by Crippen LogP contribution is 2.33. The van der Waals surface area contributed by atoms with Gasteiger partial charge in [0.15, 0.2) is 0 Å². The summed E-state index contributed by atoms with van der Waals surface area (Å²) in [6.45, 7) is 10.9. The molecular formula is C24H42N4O4. The summed E-state index contributed by atoms with van der Waals surface area (Å²) >= 11 is 0. The largest absolute Gasteiger partial charge is 0.444 e. The fourth-order valence-electron chi connectivity index (χ4n) is 5.43. The fraction of sp³-hybridized carbons (Fsp3) is 0.875. The Kier molecular flexibility index (Phi) is 7.73. The normalized spacial score (nSPS) is 28.1. The molecule has 1 aliphatic carbocycles. The predicted octanol–water partition coefficient (Wildman–Crippen LogP) is 2.52. The summed E-state index contributed by atoms with van der Waals surface area (Å²) in [7, 11) is 1.56. The monoisotopic (exact) mass is 450 g/mol. The number of ether oxygens (including phenoxy) is 1. The van der Waals surface area contributed by atoms with Crippen LogP contribution in [0.1, 0.15) is 73.1 Å². The van der Waals surface area contributed by atoms with Crippen LogP contribution in [0.3, 0.4) is 0 Å². The average molecular weight is 451 g/mol. The molecule has 32 heavy (non-hydrogen) atoms. The standard InChI is InChI=1S/C24H42N4O4/c1-15-14-25-18-12-13-28(20(15)18)22(30)19(17-10-8-7-9-11-17)26-21(29)16(2)27(6)23(31)32-24(3,4)5/h15-20,25H,7-14H2,1-6H3,(H,26,29). The lowest BCUT2D eigenvalue weighted by Gasteiger charge is -2.36. The van der Waals surface area contributed by atoms with E-state index in [1.165, 1.54) is 11.3 Å². The quantitative estimate of drug-likeness (QED) is 0.672. The molecule has 1 saturated carbocycles. The molecule has 0 aromatic heterocycles. The Morgan fingerprint density at radius 2 is 1.78 bits per heavy atom. The molecule has 8 nitrogen and oxygen atoms in total. The second-order valence-electron chi connectivity index (χ2n) is 11.0. The van der Waals surface area contributed by atoms with Crippen molar-refractivity contribution in [3.05, 3.63) is 0 Å². The lowest BCUT2D eigenvalue weighted by atomic mass is 9.83. The van der Waals surface area contributed by atoms with Gasteiger partial charge in [0.05, 0.1) is 6.04 Å². The van der Waals surface area contributed by atoms with Crippen LogP contribution in [-0.4, -0.2) is 77.6 Å². The Labute approximate surface area is 192 Å². The molecule has 3 amide bonds. The molecule has 2 heterocycles. The first-order valence-electron chi connectivity index (χ1n) is 12.3. The van der Waals surface area contributed by atoms with E-state index in [0.717, 1.165) is 45.2 Å². The van der Waals surface area contributed by atoms with Crippen molar-refractivity contribution in [3.63, 3.8) is 0 Å². The number of nitrogens with one attached hydrogen (secondary N) is 2. The number of hydrogen-bond acceptors (Lipinski definition) is 5. The molecule has 2 saturated heterocycles. The summed E-state index contributed by atoms with van der Waals surface area (Å²) in [5, 5.41) is 6.59. The minimum Gasteiger partial charge on any atom is -0.444 e. The Morgan fingerprint density at radius 3 is 2.41 bits per heavy atom. The van der Waals surface area contributed by atoms with Crippen LogP contribution >= 0.6 is 0 Å². The summed E-state index contributed by atoms with van der Waals surface area (Å²) in [6.07, 6.45) is 5.66. The number of carbonyl (C=O) groups is 3. The van der Waals surface area contributed by atoms with Crippen molar-refractivity contribution in [2.75, 3.05) is 20.1 Å². The first-order valence-corrected chi connectivity index (χ1v) is 12.3. The molecule has 5 atom stereocenters. The molecule has 3 fully saturated rings. The Balaban J connectivity index is 1.72. The van der Waals surface area contributed by atoms with Gasteiger partial charge >= 0.3 is 6.09 Å². The summed E-state index contributed by atoms with van der Waals surface area (Å²) in [5.41, 5.74) is -0.638. The zero-order chi connectivity index (χ0) is 23.6. The number of carbonyl (C=O) groups excluding carboxylic acids is 3. The third-order valence-corrected chi connectivity index (χ3v) is 7.35. The van der Waals surface area contributed by atoms with Gasteiger partial charge in [0.1, 0.15) is 17.7 Å². The molecule has 8 heteroatoms. The first-order chi connectivity index (χ1) is 15.0. The van der Waals surface area contributed by atoms with Gasteiger partial charge in [-0.3, -0.25) is 14.5 Å². The maximum atomic E-state index is 13.8. The van der Waals surface area contributed by atoms with Gasteiger partial charge in [-0.1, -0.05) is 26.2 Å². The first kappa shape index (κ1) is 24.8. The Bertz CT molecular complexity index is 701. The van der Waals surface area contributed by atoms with E-state index in [0.29, 0.717) is 12.0 Å². The second kappa shape index (κ2) is 9.98. The third kappa shape index (κ3) is 5.56. The zero-order valence-electron chi connectivity index (χ0n) is 20.6. The maximum Gasteiger partial charge on any atom is 0.410 e. The smallest absolute Gasteiger partial charge is 0.410 e. The van der Waals surface area contributed by atoms with Crippen molar-refractivity contribution in [2.24, 2.45) is 11.8 Å². The molecule has 3 rings (SSSR count). The average Bonchev–Trinajstić information content (AvgIpc) is 3.32. The summed E-state index contributed by atoms with van der Waals surface area (Å²) in [5.74, 6) is 0.283. The van der Waals surface area contributed by atoms with E-state index in [9.17, 15) is 14.4 Å². The van der Waals surface area contributed by atoms with Gasteiger partial charge < -0.3 is 20.3 Å². The topological polar surface area (TPSA) is 91.0 Å². The summed E-state index contributed by atoms with van der Waals surface area (Å²) in [6, 6.07) is -0.716. The second-order valence-corrected chi connectivity index (χ2v) is 11.0. The van der Waals surface area contributed by atoms with E-state index < -0.39 is 23.8 Å². The van der Waals surface area contributed by atoms with Crippen molar-refractivity contribution in [2.45, 2.75) is 103 Å².